The lowest BCUT2D eigenvalue weighted by atomic mass is 10.0. The highest BCUT2D eigenvalue weighted by atomic mass is 32.2. The van der Waals surface area contributed by atoms with E-state index in [2.05, 4.69) is 9.71 Å². The van der Waals surface area contributed by atoms with Gasteiger partial charge in [0.2, 0.25) is 5.88 Å². The number of methoxy groups -OCH3 is 1. The fourth-order valence-corrected chi connectivity index (χ4v) is 4.54. The van der Waals surface area contributed by atoms with Crippen LogP contribution in [0.3, 0.4) is 0 Å². The summed E-state index contributed by atoms with van der Waals surface area (Å²) in [6.07, 6.45) is 2.79. The maximum atomic E-state index is 12.7. The summed E-state index contributed by atoms with van der Waals surface area (Å²) < 4.78 is 45.2. The molecule has 1 unspecified atom stereocenters. The van der Waals surface area contributed by atoms with Crippen LogP contribution >= 0.6 is 0 Å². The topological polar surface area (TPSA) is 107 Å². The Morgan fingerprint density at radius 1 is 1.23 bits per heavy atom. The van der Waals surface area contributed by atoms with E-state index >= 15 is 0 Å². The number of carbonyl (C=O) groups is 1. The van der Waals surface area contributed by atoms with Crippen molar-refractivity contribution in [3.05, 3.63) is 48.2 Å². The Labute approximate surface area is 182 Å². The minimum Gasteiger partial charge on any atom is -0.497 e. The van der Waals surface area contributed by atoms with Crippen LogP contribution in [0.15, 0.2) is 42.6 Å². The Morgan fingerprint density at radius 3 is 2.68 bits per heavy atom. The van der Waals surface area contributed by atoms with Crippen molar-refractivity contribution < 1.29 is 27.4 Å². The first-order valence-corrected chi connectivity index (χ1v) is 11.5. The first kappa shape index (κ1) is 23.0. The Kier molecular flexibility index (Phi) is 7.83. The van der Waals surface area contributed by atoms with E-state index in [1.807, 2.05) is 0 Å². The van der Waals surface area contributed by atoms with Gasteiger partial charge in [-0.2, -0.15) is 17.4 Å². The maximum absolute atomic E-state index is 12.7. The van der Waals surface area contributed by atoms with Crippen LogP contribution in [0.1, 0.15) is 25.3 Å². The maximum Gasteiger partial charge on any atom is 0.310 e. The third kappa shape index (κ3) is 6.39. The molecule has 0 radical (unpaired) electrons. The fourth-order valence-electron chi connectivity index (χ4n) is 3.26. The minimum atomic E-state index is -3.74. The molecule has 2 aromatic rings. The lowest BCUT2D eigenvalue weighted by Gasteiger charge is -2.30. The van der Waals surface area contributed by atoms with E-state index in [1.54, 1.807) is 56.6 Å². The highest BCUT2D eigenvalue weighted by molar-refractivity contribution is 7.87. The minimum absolute atomic E-state index is 0.0738. The van der Waals surface area contributed by atoms with Gasteiger partial charge in [0.1, 0.15) is 11.5 Å². The van der Waals surface area contributed by atoms with Gasteiger partial charge in [-0.1, -0.05) is 0 Å². The van der Waals surface area contributed by atoms with Crippen molar-refractivity contribution in [2.45, 2.75) is 26.3 Å². The quantitative estimate of drug-likeness (QED) is 0.586. The molecule has 168 valence electrons. The molecule has 0 bridgehead atoms. The van der Waals surface area contributed by atoms with Gasteiger partial charge < -0.3 is 14.2 Å². The molecule has 31 heavy (non-hydrogen) atoms. The number of nitrogens with zero attached hydrogens (tertiary/aromatic N) is 2. The van der Waals surface area contributed by atoms with Gasteiger partial charge in [0, 0.05) is 31.9 Å². The van der Waals surface area contributed by atoms with Gasteiger partial charge in [-0.05, 0) is 55.7 Å². The zero-order valence-corrected chi connectivity index (χ0v) is 18.4. The highest BCUT2D eigenvalue weighted by Crippen LogP contribution is 2.23. The molecule has 9 nitrogen and oxygen atoms in total. The molecule has 0 aliphatic carbocycles. The van der Waals surface area contributed by atoms with Gasteiger partial charge in [-0.25, -0.2) is 4.98 Å². The van der Waals surface area contributed by atoms with Crippen molar-refractivity contribution in [1.29, 1.82) is 0 Å². The van der Waals surface area contributed by atoms with Crippen LogP contribution in [0.25, 0.3) is 0 Å². The van der Waals surface area contributed by atoms with Crippen molar-refractivity contribution in [1.82, 2.24) is 14.0 Å². The molecule has 1 aliphatic rings. The zero-order chi connectivity index (χ0) is 22.3. The van der Waals surface area contributed by atoms with Crippen LogP contribution in [0.5, 0.6) is 17.4 Å². The summed E-state index contributed by atoms with van der Waals surface area (Å²) in [5, 5.41) is 0. The molecule has 1 aromatic heterocycles. The summed E-state index contributed by atoms with van der Waals surface area (Å²) in [6.45, 7) is 2.58. The smallest absolute Gasteiger partial charge is 0.310 e. The number of hydrogen-bond donors (Lipinski definition) is 1. The zero-order valence-electron chi connectivity index (χ0n) is 17.6. The van der Waals surface area contributed by atoms with Crippen LogP contribution in [0, 0.1) is 5.92 Å². The largest absolute Gasteiger partial charge is 0.497 e. The standard InChI is InChI=1S/C21H27N3O6S/c1-3-29-21(25)17-5-4-12-24(15-17)31(26,27)23-14-16-10-11-22-20(13-16)30-19-8-6-18(28-2)7-9-19/h6-11,13,17,23H,3-5,12,14-15H2,1-2H3. The third-order valence-electron chi connectivity index (χ3n) is 4.88. The van der Waals surface area contributed by atoms with Crippen LogP contribution in [0.2, 0.25) is 0 Å². The van der Waals surface area contributed by atoms with Crippen LogP contribution in [-0.2, 0) is 26.3 Å². The van der Waals surface area contributed by atoms with Gasteiger partial charge in [0.25, 0.3) is 10.2 Å². The number of ether oxygens (including phenoxy) is 3. The number of pyridine rings is 1. The van der Waals surface area contributed by atoms with Crippen molar-refractivity contribution in [2.75, 3.05) is 26.8 Å². The number of rotatable bonds is 9. The fraction of sp³-hybridized carbons (Fsp3) is 0.429. The summed E-state index contributed by atoms with van der Waals surface area (Å²) in [7, 11) is -2.16. The van der Waals surface area contributed by atoms with Crippen molar-refractivity contribution in [3.8, 4) is 17.4 Å². The predicted molar refractivity (Wildman–Crippen MR) is 114 cm³/mol. The molecule has 0 amide bonds. The van der Waals surface area contributed by atoms with E-state index in [4.69, 9.17) is 14.2 Å². The molecule has 2 heterocycles. The van der Waals surface area contributed by atoms with Crippen molar-refractivity contribution >= 4 is 16.2 Å². The Bertz CT molecular complexity index is 981. The predicted octanol–water partition coefficient (Wildman–Crippen LogP) is 2.49. The first-order chi connectivity index (χ1) is 14.9. The Balaban J connectivity index is 1.59. The normalized spacial score (nSPS) is 17.2. The average molecular weight is 450 g/mol. The van der Waals surface area contributed by atoms with Crippen LogP contribution in [-0.4, -0.2) is 50.5 Å². The van der Waals surface area contributed by atoms with Crippen molar-refractivity contribution in [2.24, 2.45) is 5.92 Å². The molecule has 0 saturated carbocycles. The summed E-state index contributed by atoms with van der Waals surface area (Å²) >= 11 is 0. The molecule has 1 atom stereocenters. The molecular weight excluding hydrogens is 422 g/mol. The lowest BCUT2D eigenvalue weighted by Crippen LogP contribution is -2.47. The van der Waals surface area contributed by atoms with Gasteiger partial charge in [-0.15, -0.1) is 0 Å². The summed E-state index contributed by atoms with van der Waals surface area (Å²) in [5.41, 5.74) is 0.695. The SMILES string of the molecule is CCOC(=O)C1CCCN(S(=O)(=O)NCc2ccnc(Oc3ccc(OC)cc3)c2)C1. The molecule has 3 rings (SSSR count). The molecule has 1 aromatic carbocycles. The number of aromatic nitrogens is 1. The van der Waals surface area contributed by atoms with E-state index in [0.717, 1.165) is 0 Å². The van der Waals surface area contributed by atoms with E-state index in [9.17, 15) is 13.2 Å². The number of hydrogen-bond acceptors (Lipinski definition) is 7. The molecule has 1 N–H and O–H groups in total. The molecular formula is C21H27N3O6S. The van der Waals surface area contributed by atoms with Gasteiger partial charge in [0.05, 0.1) is 19.6 Å². The highest BCUT2D eigenvalue weighted by Gasteiger charge is 2.32. The number of benzene rings is 1. The van der Waals surface area contributed by atoms with E-state index < -0.39 is 16.1 Å². The van der Waals surface area contributed by atoms with Gasteiger partial charge >= 0.3 is 5.97 Å². The first-order valence-electron chi connectivity index (χ1n) is 10.1. The average Bonchev–Trinajstić information content (AvgIpc) is 2.79. The summed E-state index contributed by atoms with van der Waals surface area (Å²) in [6, 6.07) is 10.4. The Morgan fingerprint density at radius 2 is 1.97 bits per heavy atom. The van der Waals surface area contributed by atoms with E-state index in [0.29, 0.717) is 42.3 Å². The molecule has 1 fully saturated rings. The summed E-state index contributed by atoms with van der Waals surface area (Å²) in [4.78, 5) is 16.1. The molecule has 10 heteroatoms. The van der Waals surface area contributed by atoms with Crippen LogP contribution in [0.4, 0.5) is 0 Å². The van der Waals surface area contributed by atoms with Crippen molar-refractivity contribution in [3.63, 3.8) is 0 Å². The summed E-state index contributed by atoms with van der Waals surface area (Å²) in [5.74, 6) is 0.866. The second-order valence-electron chi connectivity index (χ2n) is 7.06. The number of esters is 1. The van der Waals surface area contributed by atoms with E-state index in [1.165, 1.54) is 4.31 Å². The molecule has 1 saturated heterocycles. The number of carbonyl (C=O) groups excluding carboxylic acids is 1. The Hall–Kier alpha value is -2.69. The number of nitrogens with one attached hydrogen (secondary N) is 1. The second-order valence-corrected chi connectivity index (χ2v) is 8.81. The van der Waals surface area contributed by atoms with E-state index in [-0.39, 0.29) is 25.7 Å². The van der Waals surface area contributed by atoms with Gasteiger partial charge in [0.15, 0.2) is 0 Å². The lowest BCUT2D eigenvalue weighted by molar-refractivity contribution is -0.149. The monoisotopic (exact) mass is 449 g/mol. The van der Waals surface area contributed by atoms with Crippen LogP contribution < -0.4 is 14.2 Å². The molecule has 1 aliphatic heterocycles. The molecule has 0 spiro atoms. The third-order valence-corrected chi connectivity index (χ3v) is 6.40. The van der Waals surface area contributed by atoms with Gasteiger partial charge in [-0.3, -0.25) is 4.79 Å². The number of piperidine rings is 1. The second kappa shape index (κ2) is 10.6.